The molecule has 1 N–H and O–H groups in total. The summed E-state index contributed by atoms with van der Waals surface area (Å²) in [6.07, 6.45) is 2.92. The highest BCUT2D eigenvalue weighted by Gasteiger charge is 2.11. The van der Waals surface area contributed by atoms with Gasteiger partial charge in [0.2, 0.25) is 0 Å². The third kappa shape index (κ3) is 5.25. The Morgan fingerprint density at radius 2 is 1.90 bits per heavy atom. The zero-order chi connectivity index (χ0) is 15.1. The van der Waals surface area contributed by atoms with Crippen LogP contribution in [0.1, 0.15) is 36.9 Å². The Labute approximate surface area is 134 Å². The molecule has 3 heteroatoms. The first-order valence-electron chi connectivity index (χ1n) is 7.42. The molecule has 1 nitrogen and oxygen atoms in total. The molecule has 0 bridgehead atoms. The van der Waals surface area contributed by atoms with Crippen molar-refractivity contribution in [2.24, 2.45) is 0 Å². The van der Waals surface area contributed by atoms with Crippen molar-refractivity contribution in [2.75, 3.05) is 6.54 Å². The minimum atomic E-state index is -0.183. The molecule has 0 saturated heterocycles. The van der Waals surface area contributed by atoms with Crippen LogP contribution in [0.15, 0.2) is 53.0 Å². The number of nitrogens with one attached hydrogen (secondary N) is 1. The van der Waals surface area contributed by atoms with Crippen LogP contribution < -0.4 is 5.32 Å². The van der Waals surface area contributed by atoms with Crippen LogP contribution in [-0.2, 0) is 6.42 Å². The Kier molecular flexibility index (Phi) is 6.40. The van der Waals surface area contributed by atoms with Crippen LogP contribution in [0.3, 0.4) is 0 Å². The van der Waals surface area contributed by atoms with E-state index in [0.717, 1.165) is 35.8 Å². The highest BCUT2D eigenvalue weighted by atomic mass is 79.9. The van der Waals surface area contributed by atoms with Gasteiger partial charge in [0, 0.05) is 10.5 Å². The number of hydrogen-bond acceptors (Lipinski definition) is 1. The second-order valence-electron chi connectivity index (χ2n) is 5.23. The molecule has 0 aromatic heterocycles. The van der Waals surface area contributed by atoms with Crippen LogP contribution >= 0.6 is 15.9 Å². The number of benzene rings is 2. The van der Waals surface area contributed by atoms with Gasteiger partial charge in [-0.3, -0.25) is 0 Å². The first-order chi connectivity index (χ1) is 10.2. The minimum absolute atomic E-state index is 0.183. The standard InChI is InChI=1S/C18H21BrFN/c1-2-10-21-18(15-6-4-3-5-7-15)9-8-14-11-16(19)13-17(20)12-14/h3-7,11-13,18,21H,2,8-10H2,1H3. The molecule has 0 aliphatic heterocycles. The van der Waals surface area contributed by atoms with Crippen LogP contribution in [0.2, 0.25) is 0 Å². The van der Waals surface area contributed by atoms with Crippen LogP contribution in [0, 0.1) is 5.82 Å². The van der Waals surface area contributed by atoms with Crippen molar-refractivity contribution < 1.29 is 4.39 Å². The molecular weight excluding hydrogens is 329 g/mol. The second kappa shape index (κ2) is 8.30. The van der Waals surface area contributed by atoms with Gasteiger partial charge < -0.3 is 5.32 Å². The van der Waals surface area contributed by atoms with Gasteiger partial charge in [-0.1, -0.05) is 53.2 Å². The summed E-state index contributed by atoms with van der Waals surface area (Å²) in [6.45, 7) is 3.16. The zero-order valence-corrected chi connectivity index (χ0v) is 13.9. The predicted octanol–water partition coefficient (Wildman–Crippen LogP) is 5.26. The Morgan fingerprint density at radius 3 is 2.57 bits per heavy atom. The molecule has 1 atom stereocenters. The smallest absolute Gasteiger partial charge is 0.124 e. The maximum Gasteiger partial charge on any atom is 0.124 e. The quantitative estimate of drug-likeness (QED) is 0.718. The fourth-order valence-electron chi connectivity index (χ4n) is 2.46. The molecule has 0 spiro atoms. The number of hydrogen-bond donors (Lipinski definition) is 1. The largest absolute Gasteiger partial charge is 0.310 e. The lowest BCUT2D eigenvalue weighted by Crippen LogP contribution is -2.22. The second-order valence-corrected chi connectivity index (χ2v) is 6.15. The third-order valence-corrected chi connectivity index (χ3v) is 3.94. The Balaban J connectivity index is 2.05. The molecule has 0 radical (unpaired) electrons. The summed E-state index contributed by atoms with van der Waals surface area (Å²) >= 11 is 3.35. The molecule has 21 heavy (non-hydrogen) atoms. The van der Waals surface area contributed by atoms with Crippen molar-refractivity contribution in [3.8, 4) is 0 Å². The lowest BCUT2D eigenvalue weighted by atomic mass is 9.99. The molecule has 2 aromatic rings. The van der Waals surface area contributed by atoms with E-state index in [1.54, 1.807) is 6.07 Å². The molecular formula is C18H21BrFN. The molecule has 0 heterocycles. The zero-order valence-electron chi connectivity index (χ0n) is 12.3. The molecule has 0 fully saturated rings. The lowest BCUT2D eigenvalue weighted by Gasteiger charge is -2.19. The van der Waals surface area contributed by atoms with Gasteiger partial charge in [-0.2, -0.15) is 0 Å². The lowest BCUT2D eigenvalue weighted by molar-refractivity contribution is 0.498. The average molecular weight is 350 g/mol. The van der Waals surface area contributed by atoms with Gasteiger partial charge in [0.25, 0.3) is 0 Å². The van der Waals surface area contributed by atoms with E-state index in [0.29, 0.717) is 6.04 Å². The van der Waals surface area contributed by atoms with E-state index < -0.39 is 0 Å². The molecule has 0 aliphatic carbocycles. The van der Waals surface area contributed by atoms with Crippen molar-refractivity contribution in [1.82, 2.24) is 5.32 Å². The number of halogens is 2. The predicted molar refractivity (Wildman–Crippen MR) is 89.9 cm³/mol. The van der Waals surface area contributed by atoms with E-state index in [4.69, 9.17) is 0 Å². The number of rotatable bonds is 7. The first-order valence-corrected chi connectivity index (χ1v) is 8.21. The molecule has 0 saturated carbocycles. The van der Waals surface area contributed by atoms with E-state index in [1.807, 2.05) is 12.1 Å². The Hall–Kier alpha value is -1.19. The van der Waals surface area contributed by atoms with E-state index in [1.165, 1.54) is 11.6 Å². The molecule has 112 valence electrons. The normalized spacial score (nSPS) is 12.3. The fourth-order valence-corrected chi connectivity index (χ4v) is 2.97. The van der Waals surface area contributed by atoms with E-state index in [2.05, 4.69) is 52.4 Å². The van der Waals surface area contributed by atoms with Gasteiger partial charge >= 0.3 is 0 Å². The average Bonchev–Trinajstić information content (AvgIpc) is 2.47. The highest BCUT2D eigenvalue weighted by molar-refractivity contribution is 9.10. The highest BCUT2D eigenvalue weighted by Crippen LogP contribution is 2.21. The summed E-state index contributed by atoms with van der Waals surface area (Å²) in [5.74, 6) is -0.183. The van der Waals surface area contributed by atoms with Crippen LogP contribution in [0.4, 0.5) is 4.39 Å². The minimum Gasteiger partial charge on any atom is -0.310 e. The third-order valence-electron chi connectivity index (χ3n) is 3.49. The topological polar surface area (TPSA) is 12.0 Å². The van der Waals surface area contributed by atoms with Gasteiger partial charge in [0.15, 0.2) is 0 Å². The summed E-state index contributed by atoms with van der Waals surface area (Å²) < 4.78 is 14.2. The van der Waals surface area contributed by atoms with Gasteiger partial charge in [-0.15, -0.1) is 0 Å². The van der Waals surface area contributed by atoms with Gasteiger partial charge in [0.05, 0.1) is 0 Å². The van der Waals surface area contributed by atoms with Crippen molar-refractivity contribution in [1.29, 1.82) is 0 Å². The summed E-state index contributed by atoms with van der Waals surface area (Å²) in [5.41, 5.74) is 2.32. The van der Waals surface area contributed by atoms with Gasteiger partial charge in [-0.25, -0.2) is 4.39 Å². The first kappa shape index (κ1) is 16.2. The summed E-state index contributed by atoms with van der Waals surface area (Å²) in [7, 11) is 0. The van der Waals surface area contributed by atoms with Crippen molar-refractivity contribution in [3.63, 3.8) is 0 Å². The number of aryl methyl sites for hydroxylation is 1. The van der Waals surface area contributed by atoms with E-state index in [-0.39, 0.29) is 5.82 Å². The molecule has 2 rings (SSSR count). The molecule has 2 aromatic carbocycles. The van der Waals surface area contributed by atoms with E-state index in [9.17, 15) is 4.39 Å². The molecule has 0 aliphatic rings. The maximum absolute atomic E-state index is 13.4. The van der Waals surface area contributed by atoms with Crippen LogP contribution in [0.25, 0.3) is 0 Å². The van der Waals surface area contributed by atoms with Crippen molar-refractivity contribution in [3.05, 3.63) is 69.9 Å². The van der Waals surface area contributed by atoms with Crippen LogP contribution in [0.5, 0.6) is 0 Å². The monoisotopic (exact) mass is 349 g/mol. The maximum atomic E-state index is 13.4. The van der Waals surface area contributed by atoms with Gasteiger partial charge in [-0.05, 0) is 55.1 Å². The van der Waals surface area contributed by atoms with E-state index >= 15 is 0 Å². The summed E-state index contributed by atoms with van der Waals surface area (Å²) in [6, 6.07) is 15.9. The molecule has 0 amide bonds. The van der Waals surface area contributed by atoms with Gasteiger partial charge in [0.1, 0.15) is 5.82 Å². The summed E-state index contributed by atoms with van der Waals surface area (Å²) in [4.78, 5) is 0. The molecule has 1 unspecified atom stereocenters. The summed E-state index contributed by atoms with van der Waals surface area (Å²) in [5, 5.41) is 3.58. The Bertz CT molecular complexity index is 536. The van der Waals surface area contributed by atoms with Crippen molar-refractivity contribution >= 4 is 15.9 Å². The van der Waals surface area contributed by atoms with Crippen LogP contribution in [-0.4, -0.2) is 6.54 Å². The van der Waals surface area contributed by atoms with Crippen molar-refractivity contribution in [2.45, 2.75) is 32.2 Å². The fraction of sp³-hybridized carbons (Fsp3) is 0.333. The SMILES string of the molecule is CCCNC(CCc1cc(F)cc(Br)c1)c1ccccc1. The Morgan fingerprint density at radius 1 is 1.14 bits per heavy atom.